The minimum absolute atomic E-state index is 0.164. The summed E-state index contributed by atoms with van der Waals surface area (Å²) in [6, 6.07) is 0. The van der Waals surface area contributed by atoms with E-state index in [2.05, 4.69) is 10.1 Å². The summed E-state index contributed by atoms with van der Waals surface area (Å²) in [4.78, 5) is 32.2. The van der Waals surface area contributed by atoms with Gasteiger partial charge in [0.15, 0.2) is 4.84 Å². The van der Waals surface area contributed by atoms with E-state index in [1.54, 1.807) is 6.92 Å². The molecule has 92 valence electrons. The second-order valence-corrected chi connectivity index (χ2v) is 4.06. The lowest BCUT2D eigenvalue weighted by molar-refractivity contribution is -0.150. The van der Waals surface area contributed by atoms with Crippen LogP contribution in [0.5, 0.6) is 0 Å². The van der Waals surface area contributed by atoms with Crippen molar-refractivity contribution >= 4 is 40.9 Å². The fourth-order valence-electron chi connectivity index (χ4n) is 0.916. The van der Waals surface area contributed by atoms with Crippen LogP contribution < -0.4 is 5.32 Å². The van der Waals surface area contributed by atoms with E-state index < -0.39 is 22.6 Å². The summed E-state index contributed by atoms with van der Waals surface area (Å²) < 4.78 is 4.68. The number of nitrogens with one attached hydrogen (secondary N) is 1. The Labute approximate surface area is 103 Å². The molecule has 0 aromatic heterocycles. The van der Waals surface area contributed by atoms with Gasteiger partial charge in [0.25, 0.3) is 5.91 Å². The molecule has 16 heavy (non-hydrogen) atoms. The molecule has 5 nitrogen and oxygen atoms in total. The van der Waals surface area contributed by atoms with Crippen LogP contribution in [0.3, 0.4) is 0 Å². The Morgan fingerprint density at radius 1 is 1.31 bits per heavy atom. The Hall–Kier alpha value is -0.810. The topological polar surface area (TPSA) is 72.5 Å². The Balaban J connectivity index is 4.30. The van der Waals surface area contributed by atoms with Crippen LogP contribution in [-0.2, 0) is 19.1 Å². The Kier molecular flexibility index (Phi) is 7.08. The molecule has 1 N–H and O–H groups in total. The first-order valence-corrected chi connectivity index (χ1v) is 5.50. The van der Waals surface area contributed by atoms with E-state index in [1.807, 2.05) is 0 Å². The lowest BCUT2D eigenvalue weighted by Crippen LogP contribution is -2.39. The number of ether oxygens (including phenoxy) is 1. The fourth-order valence-corrected chi connectivity index (χ4v) is 1.07. The van der Waals surface area contributed by atoms with Crippen molar-refractivity contribution in [1.29, 1.82) is 0 Å². The van der Waals surface area contributed by atoms with Gasteiger partial charge < -0.3 is 10.1 Å². The molecule has 0 aromatic rings. The number of rotatable bonds is 6. The third-order valence-electron chi connectivity index (χ3n) is 1.74. The standard InChI is InChI=1S/C9H13Cl2NO4/c1-3-16-9(15)6(5(2)13)4-12-8(14)7(10)11/h6-7H,3-4H2,1-2H3,(H,12,14). The number of amides is 1. The average molecular weight is 270 g/mol. The molecule has 1 amide bonds. The third-order valence-corrected chi connectivity index (χ3v) is 2.14. The highest BCUT2D eigenvalue weighted by Crippen LogP contribution is 2.04. The van der Waals surface area contributed by atoms with Crippen LogP contribution in [0.4, 0.5) is 0 Å². The molecule has 0 spiro atoms. The largest absolute Gasteiger partial charge is 0.465 e. The SMILES string of the molecule is CCOC(=O)C(CNC(=O)C(Cl)Cl)C(C)=O. The molecule has 0 fully saturated rings. The van der Waals surface area contributed by atoms with Crippen LogP contribution in [0, 0.1) is 5.92 Å². The molecule has 0 aliphatic rings. The first-order valence-electron chi connectivity index (χ1n) is 4.63. The van der Waals surface area contributed by atoms with Gasteiger partial charge in [0.05, 0.1) is 6.61 Å². The van der Waals surface area contributed by atoms with E-state index in [9.17, 15) is 14.4 Å². The van der Waals surface area contributed by atoms with Gasteiger partial charge in [0.1, 0.15) is 11.7 Å². The van der Waals surface area contributed by atoms with E-state index in [4.69, 9.17) is 23.2 Å². The van der Waals surface area contributed by atoms with Crippen LogP contribution in [0.1, 0.15) is 13.8 Å². The lowest BCUT2D eigenvalue weighted by atomic mass is 10.1. The van der Waals surface area contributed by atoms with Crippen molar-refractivity contribution < 1.29 is 19.1 Å². The predicted molar refractivity (Wildman–Crippen MR) is 59.3 cm³/mol. The summed E-state index contributed by atoms with van der Waals surface area (Å²) in [5.41, 5.74) is 0. The van der Waals surface area contributed by atoms with E-state index >= 15 is 0 Å². The molecule has 0 saturated heterocycles. The molecule has 0 bridgehead atoms. The number of alkyl halides is 2. The molecule has 0 aliphatic carbocycles. The van der Waals surface area contributed by atoms with E-state index in [1.165, 1.54) is 6.92 Å². The third kappa shape index (κ3) is 5.32. The maximum Gasteiger partial charge on any atom is 0.318 e. The van der Waals surface area contributed by atoms with Crippen molar-refractivity contribution in [3.63, 3.8) is 0 Å². The maximum atomic E-state index is 11.3. The van der Waals surface area contributed by atoms with Crippen LogP contribution in [-0.4, -0.2) is 35.6 Å². The van der Waals surface area contributed by atoms with Crippen LogP contribution in [0.25, 0.3) is 0 Å². The fraction of sp³-hybridized carbons (Fsp3) is 0.667. The number of ketones is 1. The molecule has 7 heteroatoms. The van der Waals surface area contributed by atoms with Crippen molar-refractivity contribution in [3.05, 3.63) is 0 Å². The monoisotopic (exact) mass is 269 g/mol. The average Bonchev–Trinajstić information content (AvgIpc) is 2.17. The zero-order chi connectivity index (χ0) is 12.7. The Morgan fingerprint density at radius 3 is 2.25 bits per heavy atom. The highest BCUT2D eigenvalue weighted by Gasteiger charge is 2.25. The van der Waals surface area contributed by atoms with Gasteiger partial charge in [-0.3, -0.25) is 14.4 Å². The molecule has 0 rings (SSSR count). The minimum atomic E-state index is -1.23. The summed E-state index contributed by atoms with van der Waals surface area (Å²) in [5.74, 6) is -2.73. The molecule has 0 aromatic carbocycles. The normalized spacial score (nSPS) is 12.1. The summed E-state index contributed by atoms with van der Waals surface area (Å²) >= 11 is 10.6. The van der Waals surface area contributed by atoms with E-state index in [-0.39, 0.29) is 18.9 Å². The van der Waals surface area contributed by atoms with Gasteiger partial charge in [-0.05, 0) is 13.8 Å². The van der Waals surface area contributed by atoms with Crippen molar-refractivity contribution in [2.24, 2.45) is 5.92 Å². The van der Waals surface area contributed by atoms with Gasteiger partial charge in [-0.2, -0.15) is 0 Å². The molecule has 1 atom stereocenters. The summed E-state index contributed by atoms with van der Waals surface area (Å²) in [6.07, 6.45) is 0. The summed E-state index contributed by atoms with van der Waals surface area (Å²) in [7, 11) is 0. The van der Waals surface area contributed by atoms with Gasteiger partial charge in [-0.1, -0.05) is 23.2 Å². The van der Waals surface area contributed by atoms with Crippen molar-refractivity contribution in [2.75, 3.05) is 13.2 Å². The van der Waals surface area contributed by atoms with Gasteiger partial charge >= 0.3 is 5.97 Å². The first-order chi connectivity index (χ1) is 7.40. The first kappa shape index (κ1) is 15.2. The van der Waals surface area contributed by atoms with Crippen LogP contribution in [0.15, 0.2) is 0 Å². The second kappa shape index (κ2) is 7.46. The zero-order valence-corrected chi connectivity index (χ0v) is 10.5. The molecular weight excluding hydrogens is 257 g/mol. The second-order valence-electron chi connectivity index (χ2n) is 2.96. The Morgan fingerprint density at radius 2 is 1.88 bits per heavy atom. The van der Waals surface area contributed by atoms with Crippen molar-refractivity contribution in [3.8, 4) is 0 Å². The molecule has 1 unspecified atom stereocenters. The summed E-state index contributed by atoms with van der Waals surface area (Å²) in [5, 5.41) is 2.28. The van der Waals surface area contributed by atoms with Crippen LogP contribution in [0.2, 0.25) is 0 Å². The summed E-state index contributed by atoms with van der Waals surface area (Å²) in [6.45, 7) is 2.88. The van der Waals surface area contributed by atoms with Gasteiger partial charge in [-0.25, -0.2) is 0 Å². The number of halogens is 2. The zero-order valence-electron chi connectivity index (χ0n) is 8.96. The molecule has 0 aliphatic heterocycles. The maximum absolute atomic E-state index is 11.3. The number of hydrogen-bond donors (Lipinski definition) is 1. The van der Waals surface area contributed by atoms with Crippen molar-refractivity contribution in [1.82, 2.24) is 5.32 Å². The highest BCUT2D eigenvalue weighted by molar-refractivity contribution is 6.53. The lowest BCUT2D eigenvalue weighted by Gasteiger charge is -2.13. The molecule has 0 saturated carbocycles. The number of carbonyl (C=O) groups excluding carboxylic acids is 3. The molecular formula is C9H13Cl2NO4. The molecule has 0 radical (unpaired) electrons. The van der Waals surface area contributed by atoms with Crippen LogP contribution >= 0.6 is 23.2 Å². The number of esters is 1. The molecule has 0 heterocycles. The minimum Gasteiger partial charge on any atom is -0.465 e. The predicted octanol–water partition coefficient (Wildman–Crippen LogP) is 0.675. The van der Waals surface area contributed by atoms with Crippen molar-refractivity contribution in [2.45, 2.75) is 18.7 Å². The number of carbonyl (C=O) groups is 3. The quantitative estimate of drug-likeness (QED) is 0.437. The smallest absolute Gasteiger partial charge is 0.318 e. The van der Waals surface area contributed by atoms with Gasteiger partial charge in [-0.15, -0.1) is 0 Å². The van der Waals surface area contributed by atoms with E-state index in [0.29, 0.717) is 0 Å². The van der Waals surface area contributed by atoms with E-state index in [0.717, 1.165) is 0 Å². The van der Waals surface area contributed by atoms with Gasteiger partial charge in [0.2, 0.25) is 0 Å². The number of Topliss-reactive ketones (excluding diaryl/α,β-unsaturated/α-hetero) is 1. The van der Waals surface area contributed by atoms with Gasteiger partial charge in [0, 0.05) is 6.54 Å². The number of hydrogen-bond acceptors (Lipinski definition) is 4. The Bertz CT molecular complexity index is 281. The highest BCUT2D eigenvalue weighted by atomic mass is 35.5.